The van der Waals surface area contributed by atoms with E-state index < -0.39 is 17.4 Å². The normalized spacial score (nSPS) is 32.9. The Kier molecular flexibility index (Phi) is 1.20. The lowest BCUT2D eigenvalue weighted by atomic mass is 9.91. The summed E-state index contributed by atoms with van der Waals surface area (Å²) in [6, 6.07) is 0. The van der Waals surface area contributed by atoms with Crippen LogP contribution < -0.4 is 11.1 Å². The van der Waals surface area contributed by atoms with Crippen molar-refractivity contribution in [1.29, 1.82) is 0 Å². The minimum Gasteiger partial charge on any atom is -0.313 e. The van der Waals surface area contributed by atoms with E-state index in [4.69, 9.17) is 5.73 Å². The molecule has 2 aliphatic rings. The molecule has 12 heavy (non-hydrogen) atoms. The molecule has 5 nitrogen and oxygen atoms in total. The molecule has 1 atom stereocenters. The highest BCUT2D eigenvalue weighted by Crippen LogP contribution is 2.16. The summed E-state index contributed by atoms with van der Waals surface area (Å²) in [4.78, 5) is 26.0. The summed E-state index contributed by atoms with van der Waals surface area (Å²) in [7, 11) is 0. The number of fused-ring (bicyclic) bond motifs is 1. The summed E-state index contributed by atoms with van der Waals surface area (Å²) in [6.45, 7) is 0.204. The molecule has 2 heterocycles. The number of nitrogens with two attached hydrogens (primary N) is 1. The van der Waals surface area contributed by atoms with Crippen LogP contribution in [0.4, 0.5) is 0 Å². The second-order valence-corrected chi connectivity index (χ2v) is 2.89. The molecule has 0 aromatic heterocycles. The van der Waals surface area contributed by atoms with Crippen LogP contribution in [0, 0.1) is 0 Å². The molecule has 2 rings (SSSR count). The number of rotatable bonds is 0. The molecule has 0 aromatic carbocycles. The van der Waals surface area contributed by atoms with Crippen LogP contribution >= 0.6 is 0 Å². The van der Waals surface area contributed by atoms with Gasteiger partial charge >= 0.3 is 0 Å². The summed E-state index contributed by atoms with van der Waals surface area (Å²) in [5, 5.41) is 2.16. The monoisotopic (exact) mass is 165 g/mol. The standard InChI is InChI=1S/C7H7N3O2/c8-7-1-4(2-9-3-7)5(11)10-6(7)12/h1-2H,3,8H2,(H,10,11,12). The van der Waals surface area contributed by atoms with Crippen molar-refractivity contribution < 1.29 is 9.59 Å². The maximum Gasteiger partial charge on any atom is 0.259 e. The van der Waals surface area contributed by atoms with Gasteiger partial charge in [-0.25, -0.2) is 0 Å². The number of carbonyl (C=O) groups excluding carboxylic acids is 2. The third-order valence-electron chi connectivity index (χ3n) is 1.91. The Bertz CT molecular complexity index is 332. The molecule has 0 aromatic rings. The zero-order chi connectivity index (χ0) is 8.77. The van der Waals surface area contributed by atoms with Crippen molar-refractivity contribution in [3.05, 3.63) is 11.6 Å². The Balaban J connectivity index is 2.51. The van der Waals surface area contributed by atoms with Crippen molar-refractivity contribution in [3.8, 4) is 0 Å². The molecule has 0 fully saturated rings. The molecule has 0 aliphatic carbocycles. The van der Waals surface area contributed by atoms with E-state index in [1.807, 2.05) is 0 Å². The van der Waals surface area contributed by atoms with E-state index >= 15 is 0 Å². The van der Waals surface area contributed by atoms with Crippen LogP contribution in [0.15, 0.2) is 16.6 Å². The summed E-state index contributed by atoms with van der Waals surface area (Å²) >= 11 is 0. The highest BCUT2D eigenvalue weighted by atomic mass is 16.2. The molecule has 0 radical (unpaired) electrons. The Morgan fingerprint density at radius 2 is 2.33 bits per heavy atom. The lowest BCUT2D eigenvalue weighted by Gasteiger charge is -2.29. The third-order valence-corrected chi connectivity index (χ3v) is 1.91. The number of hydrogen-bond acceptors (Lipinski definition) is 4. The summed E-state index contributed by atoms with van der Waals surface area (Å²) < 4.78 is 0. The van der Waals surface area contributed by atoms with E-state index in [0.717, 1.165) is 0 Å². The molecule has 0 spiro atoms. The van der Waals surface area contributed by atoms with Crippen LogP contribution in [0.25, 0.3) is 0 Å². The number of hydrogen-bond donors (Lipinski definition) is 2. The van der Waals surface area contributed by atoms with Crippen LogP contribution in [-0.2, 0) is 9.59 Å². The summed E-state index contributed by atoms with van der Waals surface area (Å²) in [5.41, 5.74) is 4.90. The first kappa shape index (κ1) is 7.17. The average Bonchev–Trinajstić information content (AvgIpc) is 2.02. The molecule has 2 bridgehead atoms. The van der Waals surface area contributed by atoms with Crippen LogP contribution in [0.5, 0.6) is 0 Å². The number of dihydropyridines is 1. The van der Waals surface area contributed by atoms with Crippen LogP contribution in [-0.4, -0.2) is 30.1 Å². The molecule has 62 valence electrons. The molecule has 3 N–H and O–H groups in total. The van der Waals surface area contributed by atoms with Gasteiger partial charge in [0.2, 0.25) is 0 Å². The van der Waals surface area contributed by atoms with E-state index in [1.54, 1.807) is 0 Å². The largest absolute Gasteiger partial charge is 0.313 e. The molecular weight excluding hydrogens is 158 g/mol. The van der Waals surface area contributed by atoms with Gasteiger partial charge in [0.15, 0.2) is 0 Å². The van der Waals surface area contributed by atoms with Crippen molar-refractivity contribution >= 4 is 18.0 Å². The quantitative estimate of drug-likeness (QED) is 0.422. The Labute approximate surface area is 68.3 Å². The first-order valence-electron chi connectivity index (χ1n) is 3.49. The van der Waals surface area contributed by atoms with E-state index in [-0.39, 0.29) is 6.54 Å². The second kappa shape index (κ2) is 2.01. The molecule has 1 unspecified atom stereocenters. The molecule has 2 amide bonds. The van der Waals surface area contributed by atoms with Gasteiger partial charge in [0.25, 0.3) is 11.8 Å². The maximum absolute atomic E-state index is 11.2. The van der Waals surface area contributed by atoms with Crippen LogP contribution in [0.2, 0.25) is 0 Å². The Morgan fingerprint density at radius 1 is 1.58 bits per heavy atom. The zero-order valence-electron chi connectivity index (χ0n) is 6.20. The van der Waals surface area contributed by atoms with Gasteiger partial charge < -0.3 is 5.73 Å². The van der Waals surface area contributed by atoms with Gasteiger partial charge in [-0.3, -0.25) is 19.9 Å². The fourth-order valence-electron chi connectivity index (χ4n) is 1.21. The van der Waals surface area contributed by atoms with Crippen molar-refractivity contribution in [3.63, 3.8) is 0 Å². The van der Waals surface area contributed by atoms with Gasteiger partial charge in [0.1, 0.15) is 5.54 Å². The van der Waals surface area contributed by atoms with E-state index in [2.05, 4.69) is 10.3 Å². The number of nitrogens with zero attached hydrogens (tertiary/aromatic N) is 1. The minimum absolute atomic E-state index is 0.204. The highest BCUT2D eigenvalue weighted by Gasteiger charge is 2.39. The van der Waals surface area contributed by atoms with Crippen LogP contribution in [0.3, 0.4) is 0 Å². The van der Waals surface area contributed by atoms with Crippen molar-refractivity contribution in [1.82, 2.24) is 5.32 Å². The second-order valence-electron chi connectivity index (χ2n) is 2.89. The third kappa shape index (κ3) is 0.799. The Morgan fingerprint density at radius 3 is 3.08 bits per heavy atom. The van der Waals surface area contributed by atoms with Gasteiger partial charge in [-0.1, -0.05) is 0 Å². The maximum atomic E-state index is 11.2. The number of imide groups is 1. The van der Waals surface area contributed by atoms with Crippen molar-refractivity contribution in [2.45, 2.75) is 5.54 Å². The SMILES string of the molecule is NC12C=C(C=NC1)C(=O)NC2=O. The number of nitrogens with one attached hydrogen (secondary N) is 1. The molecule has 0 saturated carbocycles. The number of aliphatic imine (C=N–C) groups is 1. The van der Waals surface area contributed by atoms with Gasteiger partial charge in [-0.15, -0.1) is 0 Å². The molecule has 2 aliphatic heterocycles. The topological polar surface area (TPSA) is 84.5 Å². The number of amides is 2. The average molecular weight is 165 g/mol. The minimum atomic E-state index is -1.11. The number of carbonyl (C=O) groups is 2. The van der Waals surface area contributed by atoms with Gasteiger partial charge in [0, 0.05) is 6.21 Å². The van der Waals surface area contributed by atoms with E-state index in [1.165, 1.54) is 12.3 Å². The Hall–Kier alpha value is -1.49. The first-order valence-corrected chi connectivity index (χ1v) is 3.49. The smallest absolute Gasteiger partial charge is 0.259 e. The fourth-order valence-corrected chi connectivity index (χ4v) is 1.21. The van der Waals surface area contributed by atoms with E-state index in [9.17, 15) is 9.59 Å². The van der Waals surface area contributed by atoms with Gasteiger partial charge in [-0.2, -0.15) is 0 Å². The highest BCUT2D eigenvalue weighted by molar-refractivity contribution is 6.22. The predicted molar refractivity (Wildman–Crippen MR) is 41.5 cm³/mol. The molecular formula is C7H7N3O2. The molecule has 5 heteroatoms. The zero-order valence-corrected chi connectivity index (χ0v) is 6.20. The molecule has 0 saturated heterocycles. The lowest BCUT2D eigenvalue weighted by Crippen LogP contribution is -2.61. The van der Waals surface area contributed by atoms with Crippen molar-refractivity contribution in [2.75, 3.05) is 6.54 Å². The summed E-state index contributed by atoms with van der Waals surface area (Å²) in [6.07, 6.45) is 2.88. The fraction of sp³-hybridized carbons (Fsp3) is 0.286. The summed E-state index contributed by atoms with van der Waals surface area (Å²) in [5.74, 6) is -0.905. The first-order chi connectivity index (χ1) is 5.62. The lowest BCUT2D eigenvalue weighted by molar-refractivity contribution is -0.131. The van der Waals surface area contributed by atoms with Gasteiger partial charge in [0.05, 0.1) is 12.1 Å². The van der Waals surface area contributed by atoms with Crippen LogP contribution in [0.1, 0.15) is 0 Å². The van der Waals surface area contributed by atoms with E-state index in [0.29, 0.717) is 5.57 Å². The van der Waals surface area contributed by atoms with Crippen molar-refractivity contribution in [2.24, 2.45) is 10.7 Å². The predicted octanol–water partition coefficient (Wildman–Crippen LogP) is -1.65. The van der Waals surface area contributed by atoms with Gasteiger partial charge in [-0.05, 0) is 6.08 Å².